The van der Waals surface area contributed by atoms with Crippen molar-refractivity contribution in [2.75, 3.05) is 0 Å². The number of ketones is 1. The molecule has 4 rings (SSSR count). The predicted octanol–water partition coefficient (Wildman–Crippen LogP) is 4.34. The number of nitrogens with zero attached hydrogens (tertiary/aromatic N) is 3. The monoisotopic (exact) mass is 391 g/mol. The highest BCUT2D eigenvalue weighted by Crippen LogP contribution is 2.21. The summed E-state index contributed by atoms with van der Waals surface area (Å²) in [4.78, 5) is 29.9. The minimum Gasteiger partial charge on any atom is -0.318 e. The van der Waals surface area contributed by atoms with Gasteiger partial charge in [0.2, 0.25) is 0 Å². The average Bonchev–Trinajstić information content (AvgIpc) is 2.99. The van der Waals surface area contributed by atoms with Gasteiger partial charge in [0.05, 0.1) is 23.8 Å². The molecule has 28 heavy (non-hydrogen) atoms. The molecule has 2 aromatic heterocycles. The number of rotatable bonds is 4. The Morgan fingerprint density at radius 3 is 2.57 bits per heavy atom. The SMILES string of the molecule is Cc1cc(C(=O)Cn2cnc3cc(Cl)ccc3c2=O)c(C)n1-c1ccccc1. The first kappa shape index (κ1) is 18.2. The minimum atomic E-state index is -0.258. The van der Waals surface area contributed by atoms with Crippen molar-refractivity contribution in [2.24, 2.45) is 0 Å². The molecule has 6 heteroatoms. The molecule has 5 nitrogen and oxygen atoms in total. The molecule has 0 spiro atoms. The summed E-state index contributed by atoms with van der Waals surface area (Å²) in [7, 11) is 0. The van der Waals surface area contributed by atoms with E-state index in [0.29, 0.717) is 21.5 Å². The quantitative estimate of drug-likeness (QED) is 0.486. The van der Waals surface area contributed by atoms with Gasteiger partial charge in [-0.2, -0.15) is 0 Å². The number of fused-ring (bicyclic) bond motifs is 1. The summed E-state index contributed by atoms with van der Waals surface area (Å²) >= 11 is 5.95. The lowest BCUT2D eigenvalue weighted by atomic mass is 10.1. The summed E-state index contributed by atoms with van der Waals surface area (Å²) in [6.45, 7) is 3.81. The summed E-state index contributed by atoms with van der Waals surface area (Å²) in [5.74, 6) is -0.132. The molecule has 0 atom stereocenters. The summed E-state index contributed by atoms with van der Waals surface area (Å²) in [5, 5.41) is 0.955. The van der Waals surface area contributed by atoms with Crippen LogP contribution in [0.4, 0.5) is 0 Å². The number of hydrogen-bond acceptors (Lipinski definition) is 3. The summed E-state index contributed by atoms with van der Waals surface area (Å²) in [6, 6.07) is 16.7. The first-order chi connectivity index (χ1) is 13.5. The standard InChI is InChI=1S/C22H18ClN3O2/c1-14-10-19(15(2)26(14)17-6-4-3-5-7-17)21(27)12-25-13-24-20-11-16(23)8-9-18(20)22(25)28/h3-11,13H,12H2,1-2H3. The van der Waals surface area contributed by atoms with Crippen LogP contribution in [0.5, 0.6) is 0 Å². The van der Waals surface area contributed by atoms with Crippen LogP contribution in [0.3, 0.4) is 0 Å². The highest BCUT2D eigenvalue weighted by atomic mass is 35.5. The van der Waals surface area contributed by atoms with Crippen LogP contribution in [0.15, 0.2) is 65.7 Å². The van der Waals surface area contributed by atoms with E-state index in [1.165, 1.54) is 10.9 Å². The van der Waals surface area contributed by atoms with Crippen molar-refractivity contribution in [1.29, 1.82) is 0 Å². The molecule has 0 N–H and O–H groups in total. The molecule has 0 bridgehead atoms. The maximum Gasteiger partial charge on any atom is 0.261 e. The number of hydrogen-bond donors (Lipinski definition) is 0. The molecule has 0 amide bonds. The zero-order valence-corrected chi connectivity index (χ0v) is 16.3. The van der Waals surface area contributed by atoms with E-state index in [0.717, 1.165) is 17.1 Å². The van der Waals surface area contributed by atoms with E-state index in [1.54, 1.807) is 18.2 Å². The zero-order valence-electron chi connectivity index (χ0n) is 15.5. The lowest BCUT2D eigenvalue weighted by Gasteiger charge is -2.10. The van der Waals surface area contributed by atoms with Crippen LogP contribution in [0.2, 0.25) is 5.02 Å². The van der Waals surface area contributed by atoms with Crippen molar-refractivity contribution < 1.29 is 4.79 Å². The minimum absolute atomic E-state index is 0.0660. The number of carbonyl (C=O) groups is 1. The summed E-state index contributed by atoms with van der Waals surface area (Å²) in [6.07, 6.45) is 1.40. The smallest absolute Gasteiger partial charge is 0.261 e. The van der Waals surface area contributed by atoms with Gasteiger partial charge in [-0.1, -0.05) is 29.8 Å². The molecular weight excluding hydrogens is 374 g/mol. The molecule has 0 saturated carbocycles. The van der Waals surface area contributed by atoms with E-state index in [9.17, 15) is 9.59 Å². The fraction of sp³-hybridized carbons (Fsp3) is 0.136. The van der Waals surface area contributed by atoms with Gasteiger partial charge in [-0.3, -0.25) is 14.2 Å². The number of Topliss-reactive ketones (excluding diaryl/α,β-unsaturated/α-hetero) is 1. The number of halogens is 1. The van der Waals surface area contributed by atoms with Crippen molar-refractivity contribution >= 4 is 28.3 Å². The lowest BCUT2D eigenvalue weighted by molar-refractivity contribution is 0.0970. The van der Waals surface area contributed by atoms with E-state index in [2.05, 4.69) is 4.98 Å². The van der Waals surface area contributed by atoms with Gasteiger partial charge in [-0.15, -0.1) is 0 Å². The van der Waals surface area contributed by atoms with E-state index in [-0.39, 0.29) is 17.9 Å². The first-order valence-electron chi connectivity index (χ1n) is 8.88. The second kappa shape index (κ2) is 7.09. The topological polar surface area (TPSA) is 56.9 Å². The Balaban J connectivity index is 1.70. The molecule has 0 fully saturated rings. The van der Waals surface area contributed by atoms with Crippen molar-refractivity contribution in [3.8, 4) is 5.69 Å². The average molecular weight is 392 g/mol. The molecule has 0 saturated heterocycles. The van der Waals surface area contributed by atoms with Crippen LogP contribution in [0.25, 0.3) is 16.6 Å². The zero-order chi connectivity index (χ0) is 19.8. The molecule has 140 valence electrons. The van der Waals surface area contributed by atoms with Crippen LogP contribution in [0.1, 0.15) is 21.7 Å². The first-order valence-corrected chi connectivity index (χ1v) is 9.26. The molecule has 0 aliphatic carbocycles. The van der Waals surface area contributed by atoms with Gasteiger partial charge in [-0.05, 0) is 50.2 Å². The molecular formula is C22H18ClN3O2. The van der Waals surface area contributed by atoms with Crippen molar-refractivity contribution in [2.45, 2.75) is 20.4 Å². The van der Waals surface area contributed by atoms with Crippen LogP contribution in [-0.2, 0) is 6.54 Å². The van der Waals surface area contributed by atoms with Crippen molar-refractivity contribution in [3.05, 3.63) is 93.3 Å². The fourth-order valence-electron chi connectivity index (χ4n) is 3.50. The fourth-order valence-corrected chi connectivity index (χ4v) is 3.67. The largest absolute Gasteiger partial charge is 0.318 e. The maximum atomic E-state index is 13.0. The highest BCUT2D eigenvalue weighted by Gasteiger charge is 2.18. The van der Waals surface area contributed by atoms with Gasteiger partial charge in [0.15, 0.2) is 5.78 Å². The molecule has 2 heterocycles. The number of carbonyl (C=O) groups excluding carboxylic acids is 1. The third kappa shape index (κ3) is 3.14. The number of aryl methyl sites for hydroxylation is 1. The molecule has 0 radical (unpaired) electrons. The van der Waals surface area contributed by atoms with Crippen molar-refractivity contribution in [3.63, 3.8) is 0 Å². The molecule has 2 aromatic carbocycles. The second-order valence-corrected chi connectivity index (χ2v) is 7.15. The predicted molar refractivity (Wildman–Crippen MR) is 111 cm³/mol. The van der Waals surface area contributed by atoms with Gasteiger partial charge in [0.25, 0.3) is 5.56 Å². The summed E-state index contributed by atoms with van der Waals surface area (Å²) in [5.41, 5.74) is 3.67. The molecule has 0 aliphatic rings. The van der Waals surface area contributed by atoms with E-state index in [4.69, 9.17) is 11.6 Å². The van der Waals surface area contributed by atoms with Gasteiger partial charge < -0.3 is 4.57 Å². The number of aromatic nitrogens is 3. The Bertz CT molecular complexity index is 1260. The van der Waals surface area contributed by atoms with Crippen LogP contribution in [-0.4, -0.2) is 19.9 Å². The lowest BCUT2D eigenvalue weighted by Crippen LogP contribution is -2.25. The maximum absolute atomic E-state index is 13.0. The molecule has 0 unspecified atom stereocenters. The number of benzene rings is 2. The Kier molecular flexibility index (Phi) is 4.61. The van der Waals surface area contributed by atoms with E-state index < -0.39 is 0 Å². The Labute approximate surface area is 166 Å². The third-order valence-corrected chi connectivity index (χ3v) is 5.08. The van der Waals surface area contributed by atoms with E-state index >= 15 is 0 Å². The van der Waals surface area contributed by atoms with Gasteiger partial charge in [0.1, 0.15) is 0 Å². The van der Waals surface area contributed by atoms with Gasteiger partial charge >= 0.3 is 0 Å². The Morgan fingerprint density at radius 2 is 1.82 bits per heavy atom. The van der Waals surface area contributed by atoms with Crippen LogP contribution < -0.4 is 5.56 Å². The van der Waals surface area contributed by atoms with Crippen LogP contribution >= 0.6 is 11.6 Å². The molecule has 0 aliphatic heterocycles. The Morgan fingerprint density at radius 1 is 1.07 bits per heavy atom. The normalized spacial score (nSPS) is 11.1. The van der Waals surface area contributed by atoms with E-state index in [1.807, 2.05) is 54.8 Å². The molecule has 4 aromatic rings. The third-order valence-electron chi connectivity index (χ3n) is 4.85. The summed E-state index contributed by atoms with van der Waals surface area (Å²) < 4.78 is 3.38. The van der Waals surface area contributed by atoms with Crippen molar-refractivity contribution in [1.82, 2.24) is 14.1 Å². The second-order valence-electron chi connectivity index (χ2n) is 6.72. The number of para-hydroxylation sites is 1. The van der Waals surface area contributed by atoms with Gasteiger partial charge in [0, 0.05) is 27.7 Å². The highest BCUT2D eigenvalue weighted by molar-refractivity contribution is 6.31. The van der Waals surface area contributed by atoms with Gasteiger partial charge in [-0.25, -0.2) is 4.98 Å². The van der Waals surface area contributed by atoms with Crippen LogP contribution in [0, 0.1) is 13.8 Å². The Hall–Kier alpha value is -3.18.